The van der Waals surface area contributed by atoms with Gasteiger partial charge in [0.2, 0.25) is 0 Å². The standard InChI is InChI=1S/C14H29N3/c1-12(2)17-8-6-14(11-15,7-9-17)16(3)10-13-4-5-13/h12-13H,4-11,15H2,1-3H3. The minimum Gasteiger partial charge on any atom is -0.329 e. The van der Waals surface area contributed by atoms with Crippen molar-refractivity contribution >= 4 is 0 Å². The average molecular weight is 239 g/mol. The first kappa shape index (κ1) is 13.3. The van der Waals surface area contributed by atoms with Crippen LogP contribution in [0.5, 0.6) is 0 Å². The van der Waals surface area contributed by atoms with Crippen LogP contribution >= 0.6 is 0 Å². The molecule has 2 fully saturated rings. The van der Waals surface area contributed by atoms with Crippen LogP contribution < -0.4 is 5.73 Å². The van der Waals surface area contributed by atoms with E-state index in [-0.39, 0.29) is 5.54 Å². The van der Waals surface area contributed by atoms with Crippen LogP contribution in [0.3, 0.4) is 0 Å². The van der Waals surface area contributed by atoms with Gasteiger partial charge in [0.25, 0.3) is 0 Å². The first-order chi connectivity index (χ1) is 8.07. The van der Waals surface area contributed by atoms with Gasteiger partial charge in [-0.1, -0.05) is 0 Å². The quantitative estimate of drug-likeness (QED) is 0.790. The molecular weight excluding hydrogens is 210 g/mol. The molecule has 0 bridgehead atoms. The number of rotatable bonds is 5. The molecule has 0 amide bonds. The van der Waals surface area contributed by atoms with Gasteiger partial charge in [-0.2, -0.15) is 0 Å². The second-order valence-corrected chi connectivity index (χ2v) is 6.38. The second kappa shape index (κ2) is 5.25. The lowest BCUT2D eigenvalue weighted by atomic mass is 9.85. The Morgan fingerprint density at radius 3 is 2.29 bits per heavy atom. The summed E-state index contributed by atoms with van der Waals surface area (Å²) in [6, 6.07) is 0.680. The number of hydrogen-bond acceptors (Lipinski definition) is 3. The lowest BCUT2D eigenvalue weighted by Gasteiger charge is -2.48. The largest absolute Gasteiger partial charge is 0.329 e. The molecule has 3 nitrogen and oxygen atoms in total. The molecule has 0 aromatic rings. The number of piperidine rings is 1. The van der Waals surface area contributed by atoms with Crippen LogP contribution in [0.1, 0.15) is 39.5 Å². The summed E-state index contributed by atoms with van der Waals surface area (Å²) in [7, 11) is 2.29. The molecule has 3 heteroatoms. The zero-order valence-corrected chi connectivity index (χ0v) is 11.8. The third kappa shape index (κ3) is 3.01. The maximum atomic E-state index is 6.10. The summed E-state index contributed by atoms with van der Waals surface area (Å²) in [5, 5.41) is 0. The Bertz CT molecular complexity index is 240. The van der Waals surface area contributed by atoms with Gasteiger partial charge in [-0.15, -0.1) is 0 Å². The van der Waals surface area contributed by atoms with Crippen LogP contribution in [0.2, 0.25) is 0 Å². The number of likely N-dealkylation sites (N-methyl/N-ethyl adjacent to an activating group) is 1. The van der Waals surface area contributed by atoms with Gasteiger partial charge in [0, 0.05) is 37.8 Å². The SMILES string of the molecule is CC(C)N1CCC(CN)(N(C)CC2CC2)CC1. The smallest absolute Gasteiger partial charge is 0.0353 e. The second-order valence-electron chi connectivity index (χ2n) is 6.38. The lowest BCUT2D eigenvalue weighted by Crippen LogP contribution is -2.59. The van der Waals surface area contributed by atoms with Gasteiger partial charge in [-0.25, -0.2) is 0 Å². The highest BCUT2D eigenvalue weighted by Gasteiger charge is 2.39. The van der Waals surface area contributed by atoms with E-state index in [4.69, 9.17) is 5.73 Å². The maximum Gasteiger partial charge on any atom is 0.0353 e. The van der Waals surface area contributed by atoms with E-state index in [1.165, 1.54) is 45.3 Å². The molecule has 2 aliphatic rings. The normalized spacial score (nSPS) is 25.8. The highest BCUT2D eigenvalue weighted by Crippen LogP contribution is 2.34. The molecule has 1 aliphatic heterocycles. The highest BCUT2D eigenvalue weighted by molar-refractivity contribution is 4.97. The maximum absolute atomic E-state index is 6.10. The van der Waals surface area contributed by atoms with Gasteiger partial charge in [0.15, 0.2) is 0 Å². The van der Waals surface area contributed by atoms with E-state index < -0.39 is 0 Å². The Kier molecular flexibility index (Phi) is 4.11. The van der Waals surface area contributed by atoms with E-state index in [9.17, 15) is 0 Å². The van der Waals surface area contributed by atoms with Crippen LogP contribution in [0.4, 0.5) is 0 Å². The monoisotopic (exact) mass is 239 g/mol. The Balaban J connectivity index is 1.91. The van der Waals surface area contributed by atoms with E-state index in [0.29, 0.717) is 6.04 Å². The molecule has 1 aliphatic carbocycles. The number of nitrogens with two attached hydrogens (primary N) is 1. The molecule has 1 heterocycles. The van der Waals surface area contributed by atoms with Crippen molar-refractivity contribution in [2.24, 2.45) is 11.7 Å². The third-order valence-corrected chi connectivity index (χ3v) is 4.88. The summed E-state index contributed by atoms with van der Waals surface area (Å²) >= 11 is 0. The summed E-state index contributed by atoms with van der Waals surface area (Å²) < 4.78 is 0. The molecular formula is C14H29N3. The summed E-state index contributed by atoms with van der Waals surface area (Å²) in [5.41, 5.74) is 6.38. The molecule has 0 unspecified atom stereocenters. The van der Waals surface area contributed by atoms with E-state index in [1.807, 2.05) is 0 Å². The number of likely N-dealkylation sites (tertiary alicyclic amines) is 1. The first-order valence-corrected chi connectivity index (χ1v) is 7.23. The Morgan fingerprint density at radius 1 is 1.29 bits per heavy atom. The Labute approximate surface area is 106 Å². The molecule has 0 radical (unpaired) electrons. The van der Waals surface area contributed by atoms with Gasteiger partial charge in [-0.3, -0.25) is 4.90 Å². The van der Waals surface area contributed by atoms with Gasteiger partial charge in [0.05, 0.1) is 0 Å². The van der Waals surface area contributed by atoms with Crippen molar-refractivity contribution in [2.75, 3.05) is 33.2 Å². The van der Waals surface area contributed by atoms with Crippen molar-refractivity contribution in [3.8, 4) is 0 Å². The lowest BCUT2D eigenvalue weighted by molar-refractivity contribution is 0.0319. The zero-order chi connectivity index (χ0) is 12.5. The van der Waals surface area contributed by atoms with Crippen LogP contribution in [0.25, 0.3) is 0 Å². The van der Waals surface area contributed by atoms with Crippen LogP contribution in [0.15, 0.2) is 0 Å². The third-order valence-electron chi connectivity index (χ3n) is 4.88. The Hall–Kier alpha value is -0.120. The van der Waals surface area contributed by atoms with Gasteiger partial charge < -0.3 is 10.6 Å². The molecule has 17 heavy (non-hydrogen) atoms. The molecule has 0 aromatic carbocycles. The molecule has 0 spiro atoms. The van der Waals surface area contributed by atoms with E-state index in [1.54, 1.807) is 0 Å². The van der Waals surface area contributed by atoms with Gasteiger partial charge in [0.1, 0.15) is 0 Å². The minimum atomic E-state index is 0.286. The van der Waals surface area contributed by atoms with Crippen molar-refractivity contribution in [1.82, 2.24) is 9.80 Å². The van der Waals surface area contributed by atoms with E-state index in [2.05, 4.69) is 30.7 Å². The fraction of sp³-hybridized carbons (Fsp3) is 1.00. The molecule has 2 rings (SSSR count). The van der Waals surface area contributed by atoms with E-state index in [0.717, 1.165) is 12.5 Å². The van der Waals surface area contributed by atoms with Crippen molar-refractivity contribution in [3.63, 3.8) is 0 Å². The summed E-state index contributed by atoms with van der Waals surface area (Å²) in [4.78, 5) is 5.15. The van der Waals surface area contributed by atoms with Crippen LogP contribution in [-0.4, -0.2) is 54.6 Å². The number of hydrogen-bond donors (Lipinski definition) is 1. The average Bonchev–Trinajstić information content (AvgIpc) is 3.12. The summed E-state index contributed by atoms with van der Waals surface area (Å²) in [5.74, 6) is 0.964. The summed E-state index contributed by atoms with van der Waals surface area (Å²) in [6.45, 7) is 9.10. The van der Waals surface area contributed by atoms with Crippen LogP contribution in [0, 0.1) is 5.92 Å². The zero-order valence-electron chi connectivity index (χ0n) is 11.8. The topological polar surface area (TPSA) is 32.5 Å². The molecule has 0 aromatic heterocycles. The highest BCUT2D eigenvalue weighted by atomic mass is 15.2. The van der Waals surface area contributed by atoms with Gasteiger partial charge in [-0.05, 0) is 52.5 Å². The van der Waals surface area contributed by atoms with Crippen molar-refractivity contribution in [3.05, 3.63) is 0 Å². The molecule has 2 N–H and O–H groups in total. The van der Waals surface area contributed by atoms with Crippen molar-refractivity contribution in [1.29, 1.82) is 0 Å². The Morgan fingerprint density at radius 2 is 1.88 bits per heavy atom. The molecule has 1 saturated heterocycles. The fourth-order valence-electron chi connectivity index (χ4n) is 3.08. The minimum absolute atomic E-state index is 0.286. The molecule has 0 atom stereocenters. The predicted molar refractivity (Wildman–Crippen MR) is 73.1 cm³/mol. The molecule has 1 saturated carbocycles. The van der Waals surface area contributed by atoms with Crippen molar-refractivity contribution in [2.45, 2.75) is 51.1 Å². The van der Waals surface area contributed by atoms with Crippen LogP contribution in [-0.2, 0) is 0 Å². The number of nitrogens with zero attached hydrogens (tertiary/aromatic N) is 2. The van der Waals surface area contributed by atoms with Crippen molar-refractivity contribution < 1.29 is 0 Å². The summed E-state index contributed by atoms with van der Waals surface area (Å²) in [6.07, 6.45) is 5.35. The van der Waals surface area contributed by atoms with E-state index >= 15 is 0 Å². The fourth-order valence-corrected chi connectivity index (χ4v) is 3.08. The predicted octanol–water partition coefficient (Wildman–Crippen LogP) is 1.53. The molecule has 100 valence electrons. The van der Waals surface area contributed by atoms with Gasteiger partial charge >= 0.3 is 0 Å². The first-order valence-electron chi connectivity index (χ1n) is 7.23.